The molecule has 1 aromatic rings. The molecular formula is C15H22N4O. The molecule has 0 fully saturated rings. The molecule has 1 amide bonds. The van der Waals surface area contributed by atoms with Gasteiger partial charge in [0, 0.05) is 25.8 Å². The summed E-state index contributed by atoms with van der Waals surface area (Å²) in [4.78, 5) is 18.3. The Bertz CT molecular complexity index is 481. The second kappa shape index (κ2) is 8.16. The number of carbonyl (C=O) groups is 1. The molecule has 0 aliphatic rings. The molecule has 0 bridgehead atoms. The van der Waals surface area contributed by atoms with Gasteiger partial charge in [0.05, 0.1) is 29.4 Å². The van der Waals surface area contributed by atoms with Gasteiger partial charge in [-0.1, -0.05) is 6.92 Å². The molecule has 1 aromatic heterocycles. The average molecular weight is 274 g/mol. The number of hydrogen-bond acceptors (Lipinski definition) is 4. The minimum Gasteiger partial charge on any atom is -0.383 e. The summed E-state index contributed by atoms with van der Waals surface area (Å²) in [6, 6.07) is 3.89. The normalized spacial score (nSPS) is 11.5. The molecule has 1 atom stereocenters. The van der Waals surface area contributed by atoms with Crippen LogP contribution in [0.2, 0.25) is 0 Å². The maximum absolute atomic E-state index is 12.6. The topological polar surface area (TPSA) is 69.0 Å². The van der Waals surface area contributed by atoms with Crippen LogP contribution >= 0.6 is 0 Å². The molecule has 0 aliphatic heterocycles. The number of rotatable bonds is 7. The molecule has 0 spiro atoms. The minimum absolute atomic E-state index is 0.0596. The van der Waals surface area contributed by atoms with Crippen molar-refractivity contribution in [3.05, 3.63) is 24.0 Å². The van der Waals surface area contributed by atoms with Crippen molar-refractivity contribution in [2.45, 2.75) is 27.2 Å². The molecular weight excluding hydrogens is 252 g/mol. The summed E-state index contributed by atoms with van der Waals surface area (Å²) in [6.07, 6.45) is 4.27. The van der Waals surface area contributed by atoms with Crippen LogP contribution in [0.1, 0.15) is 37.6 Å². The van der Waals surface area contributed by atoms with Gasteiger partial charge in [0.2, 0.25) is 0 Å². The fourth-order valence-electron chi connectivity index (χ4n) is 1.88. The van der Waals surface area contributed by atoms with Gasteiger partial charge in [-0.05, 0) is 26.3 Å². The molecule has 1 heterocycles. The Hall–Kier alpha value is -2.09. The van der Waals surface area contributed by atoms with E-state index in [0.29, 0.717) is 18.7 Å². The van der Waals surface area contributed by atoms with Crippen molar-refractivity contribution in [1.82, 2.24) is 9.88 Å². The third kappa shape index (κ3) is 4.23. The Morgan fingerprint density at radius 3 is 2.90 bits per heavy atom. The van der Waals surface area contributed by atoms with Crippen molar-refractivity contribution >= 4 is 11.6 Å². The number of pyridine rings is 1. The highest BCUT2D eigenvalue weighted by Crippen LogP contribution is 2.16. The largest absolute Gasteiger partial charge is 0.383 e. The fraction of sp³-hybridized carbons (Fsp3) is 0.533. The number of anilines is 1. The first-order chi connectivity index (χ1) is 9.63. The highest BCUT2D eigenvalue weighted by Gasteiger charge is 2.19. The van der Waals surface area contributed by atoms with Crippen LogP contribution in [-0.4, -0.2) is 35.4 Å². The second-order valence-corrected chi connectivity index (χ2v) is 4.72. The predicted octanol–water partition coefficient (Wildman–Crippen LogP) is 2.53. The number of amides is 1. The first-order valence-electron chi connectivity index (χ1n) is 7.00. The van der Waals surface area contributed by atoms with E-state index < -0.39 is 0 Å². The van der Waals surface area contributed by atoms with Crippen molar-refractivity contribution in [2.75, 3.05) is 25.0 Å². The molecule has 0 saturated carbocycles. The third-order valence-corrected chi connectivity index (χ3v) is 3.00. The van der Waals surface area contributed by atoms with Gasteiger partial charge < -0.3 is 10.2 Å². The standard InChI is InChI=1S/C15H22N4O/c1-4-7-18-14-10-17-8-6-13(14)15(20)19(5-2)11-12(3)9-16/h6,8,10,12,18H,4-5,7,11H2,1-3H3. The molecule has 0 aliphatic carbocycles. The van der Waals surface area contributed by atoms with Crippen LogP contribution in [0, 0.1) is 17.2 Å². The van der Waals surface area contributed by atoms with Crippen molar-refractivity contribution in [2.24, 2.45) is 5.92 Å². The number of carbonyl (C=O) groups excluding carboxylic acids is 1. The lowest BCUT2D eigenvalue weighted by atomic mass is 10.1. The van der Waals surface area contributed by atoms with E-state index in [9.17, 15) is 4.79 Å². The highest BCUT2D eigenvalue weighted by atomic mass is 16.2. The van der Waals surface area contributed by atoms with E-state index in [1.165, 1.54) is 0 Å². The van der Waals surface area contributed by atoms with E-state index in [1.54, 1.807) is 23.4 Å². The summed E-state index contributed by atoms with van der Waals surface area (Å²) in [5, 5.41) is 12.1. The molecule has 5 heteroatoms. The van der Waals surface area contributed by atoms with Crippen LogP contribution in [0.5, 0.6) is 0 Å². The van der Waals surface area contributed by atoms with E-state index in [1.807, 2.05) is 13.8 Å². The molecule has 0 aromatic carbocycles. The quantitative estimate of drug-likeness (QED) is 0.829. The Morgan fingerprint density at radius 2 is 2.30 bits per heavy atom. The Morgan fingerprint density at radius 1 is 1.55 bits per heavy atom. The number of nitrogens with zero attached hydrogens (tertiary/aromatic N) is 3. The zero-order valence-electron chi connectivity index (χ0n) is 12.4. The predicted molar refractivity (Wildman–Crippen MR) is 79.4 cm³/mol. The van der Waals surface area contributed by atoms with Crippen molar-refractivity contribution in [3.63, 3.8) is 0 Å². The summed E-state index contributed by atoms with van der Waals surface area (Å²) >= 11 is 0. The molecule has 20 heavy (non-hydrogen) atoms. The van der Waals surface area contributed by atoms with Gasteiger partial charge in [-0.25, -0.2) is 0 Å². The van der Waals surface area contributed by atoms with E-state index in [0.717, 1.165) is 18.7 Å². The Balaban J connectivity index is 2.92. The van der Waals surface area contributed by atoms with E-state index in [2.05, 4.69) is 23.3 Å². The summed E-state index contributed by atoms with van der Waals surface area (Å²) in [7, 11) is 0. The van der Waals surface area contributed by atoms with Gasteiger partial charge in [-0.15, -0.1) is 0 Å². The number of nitrogens with one attached hydrogen (secondary N) is 1. The summed E-state index contributed by atoms with van der Waals surface area (Å²) in [6.45, 7) is 7.63. The smallest absolute Gasteiger partial charge is 0.256 e. The number of hydrogen-bond donors (Lipinski definition) is 1. The fourth-order valence-corrected chi connectivity index (χ4v) is 1.88. The lowest BCUT2D eigenvalue weighted by molar-refractivity contribution is 0.0753. The van der Waals surface area contributed by atoms with Gasteiger partial charge in [-0.3, -0.25) is 9.78 Å². The van der Waals surface area contributed by atoms with Gasteiger partial charge in [-0.2, -0.15) is 5.26 Å². The summed E-state index contributed by atoms with van der Waals surface area (Å²) in [5.74, 6) is -0.233. The zero-order valence-corrected chi connectivity index (χ0v) is 12.4. The molecule has 0 saturated heterocycles. The second-order valence-electron chi connectivity index (χ2n) is 4.72. The SMILES string of the molecule is CCCNc1cnccc1C(=O)N(CC)CC(C)C#N. The lowest BCUT2D eigenvalue weighted by Crippen LogP contribution is -2.34. The number of aromatic nitrogens is 1. The van der Waals surface area contributed by atoms with Crippen LogP contribution in [0.3, 0.4) is 0 Å². The molecule has 108 valence electrons. The monoisotopic (exact) mass is 274 g/mol. The van der Waals surface area contributed by atoms with Crippen LogP contribution in [0.25, 0.3) is 0 Å². The van der Waals surface area contributed by atoms with E-state index >= 15 is 0 Å². The van der Waals surface area contributed by atoms with Crippen LogP contribution < -0.4 is 5.32 Å². The Kier molecular flexibility index (Phi) is 6.51. The van der Waals surface area contributed by atoms with Gasteiger partial charge in [0.15, 0.2) is 0 Å². The van der Waals surface area contributed by atoms with E-state index in [4.69, 9.17) is 5.26 Å². The average Bonchev–Trinajstić information content (AvgIpc) is 2.49. The number of nitriles is 1. The van der Waals surface area contributed by atoms with Crippen LogP contribution in [0.4, 0.5) is 5.69 Å². The molecule has 0 radical (unpaired) electrons. The van der Waals surface area contributed by atoms with Gasteiger partial charge >= 0.3 is 0 Å². The van der Waals surface area contributed by atoms with Gasteiger partial charge in [0.25, 0.3) is 5.91 Å². The van der Waals surface area contributed by atoms with Crippen molar-refractivity contribution in [3.8, 4) is 6.07 Å². The van der Waals surface area contributed by atoms with Crippen LogP contribution in [-0.2, 0) is 0 Å². The molecule has 1 unspecified atom stereocenters. The van der Waals surface area contributed by atoms with Crippen LogP contribution in [0.15, 0.2) is 18.5 Å². The maximum Gasteiger partial charge on any atom is 0.256 e. The molecule has 5 nitrogen and oxygen atoms in total. The summed E-state index contributed by atoms with van der Waals surface area (Å²) < 4.78 is 0. The first-order valence-corrected chi connectivity index (χ1v) is 7.00. The Labute approximate surface area is 120 Å². The highest BCUT2D eigenvalue weighted by molar-refractivity contribution is 5.99. The lowest BCUT2D eigenvalue weighted by Gasteiger charge is -2.23. The van der Waals surface area contributed by atoms with Crippen molar-refractivity contribution in [1.29, 1.82) is 5.26 Å². The third-order valence-electron chi connectivity index (χ3n) is 3.00. The first kappa shape index (κ1) is 16.0. The minimum atomic E-state index is -0.173. The maximum atomic E-state index is 12.6. The summed E-state index contributed by atoms with van der Waals surface area (Å²) in [5.41, 5.74) is 1.36. The molecule has 1 N–H and O–H groups in total. The van der Waals surface area contributed by atoms with Gasteiger partial charge in [0.1, 0.15) is 0 Å². The van der Waals surface area contributed by atoms with E-state index in [-0.39, 0.29) is 11.8 Å². The van der Waals surface area contributed by atoms with Crippen molar-refractivity contribution < 1.29 is 4.79 Å². The zero-order chi connectivity index (χ0) is 15.0. The molecule has 1 rings (SSSR count).